The Bertz CT molecular complexity index is 289. The lowest BCUT2D eigenvalue weighted by atomic mass is 10.4. The van der Waals surface area contributed by atoms with E-state index in [0.29, 0.717) is 0 Å². The molecule has 1 aliphatic rings. The van der Waals surface area contributed by atoms with Crippen molar-refractivity contribution in [2.75, 3.05) is 26.2 Å². The van der Waals surface area contributed by atoms with Gasteiger partial charge < -0.3 is 10.2 Å². The minimum absolute atomic E-state index is 0.921. The molecule has 84 valence electrons. The van der Waals surface area contributed by atoms with Crippen LogP contribution in [-0.2, 0) is 13.6 Å². The molecular weight excluding hydrogens is 188 g/mol. The van der Waals surface area contributed by atoms with E-state index < -0.39 is 0 Å². The van der Waals surface area contributed by atoms with E-state index in [9.17, 15) is 0 Å². The molecular formula is C11H20N4. The Morgan fingerprint density at radius 3 is 2.87 bits per heavy atom. The minimum Gasteiger partial charge on any atom is -0.310 e. The maximum absolute atomic E-state index is 4.14. The van der Waals surface area contributed by atoms with Gasteiger partial charge in [-0.25, -0.2) is 0 Å². The normalized spacial score (nSPS) is 17.4. The summed E-state index contributed by atoms with van der Waals surface area (Å²) in [5, 5.41) is 7.59. The number of rotatable bonds is 5. The standard InChI is InChI=1S/C11H20N4/c1-14-11(4-5-13-14)10-12-6-9-15-7-2-3-8-15/h4-5,12H,2-3,6-10H2,1H3. The summed E-state index contributed by atoms with van der Waals surface area (Å²) in [4.78, 5) is 2.52. The Balaban J connectivity index is 1.60. The molecule has 4 nitrogen and oxygen atoms in total. The van der Waals surface area contributed by atoms with Crippen molar-refractivity contribution in [3.8, 4) is 0 Å². The average Bonchev–Trinajstić information content (AvgIpc) is 2.85. The lowest BCUT2D eigenvalue weighted by Gasteiger charge is -2.14. The van der Waals surface area contributed by atoms with Crippen LogP contribution in [0.2, 0.25) is 0 Å². The second-order valence-electron chi connectivity index (χ2n) is 4.17. The molecule has 2 rings (SSSR count). The van der Waals surface area contributed by atoms with Crippen molar-refractivity contribution in [1.29, 1.82) is 0 Å². The van der Waals surface area contributed by atoms with Gasteiger partial charge in [0.25, 0.3) is 0 Å². The van der Waals surface area contributed by atoms with Crippen LogP contribution in [0.25, 0.3) is 0 Å². The topological polar surface area (TPSA) is 33.1 Å². The number of likely N-dealkylation sites (tertiary alicyclic amines) is 1. The van der Waals surface area contributed by atoms with E-state index in [1.807, 2.05) is 17.9 Å². The van der Waals surface area contributed by atoms with Crippen LogP contribution in [0.15, 0.2) is 12.3 Å². The van der Waals surface area contributed by atoms with Gasteiger partial charge >= 0.3 is 0 Å². The first-order chi connectivity index (χ1) is 7.36. The van der Waals surface area contributed by atoms with Gasteiger partial charge in [0.05, 0.1) is 5.69 Å². The molecule has 0 radical (unpaired) electrons. The van der Waals surface area contributed by atoms with Gasteiger partial charge in [-0.1, -0.05) is 0 Å². The highest BCUT2D eigenvalue weighted by atomic mass is 15.3. The number of hydrogen-bond acceptors (Lipinski definition) is 3. The van der Waals surface area contributed by atoms with Gasteiger partial charge in [0.1, 0.15) is 0 Å². The number of aryl methyl sites for hydroxylation is 1. The maximum Gasteiger partial charge on any atom is 0.0518 e. The van der Waals surface area contributed by atoms with Crippen molar-refractivity contribution >= 4 is 0 Å². The Hall–Kier alpha value is -0.870. The van der Waals surface area contributed by atoms with Crippen LogP contribution < -0.4 is 5.32 Å². The number of nitrogens with zero attached hydrogens (tertiary/aromatic N) is 3. The largest absolute Gasteiger partial charge is 0.310 e. The summed E-state index contributed by atoms with van der Waals surface area (Å²) in [6.45, 7) is 5.74. The molecule has 0 aromatic carbocycles. The number of aromatic nitrogens is 2. The highest BCUT2D eigenvalue weighted by Crippen LogP contribution is 2.05. The fourth-order valence-electron chi connectivity index (χ4n) is 2.03. The summed E-state index contributed by atoms with van der Waals surface area (Å²) in [5.41, 5.74) is 1.25. The van der Waals surface area contributed by atoms with Gasteiger partial charge in [-0.05, 0) is 32.0 Å². The summed E-state index contributed by atoms with van der Waals surface area (Å²) >= 11 is 0. The first-order valence-corrected chi connectivity index (χ1v) is 5.76. The molecule has 0 bridgehead atoms. The van der Waals surface area contributed by atoms with Gasteiger partial charge in [-0.2, -0.15) is 5.10 Å². The average molecular weight is 208 g/mol. The highest BCUT2D eigenvalue weighted by molar-refractivity contribution is 4.98. The fraction of sp³-hybridized carbons (Fsp3) is 0.727. The molecule has 1 aromatic heterocycles. The molecule has 0 unspecified atom stereocenters. The first-order valence-electron chi connectivity index (χ1n) is 5.76. The van der Waals surface area contributed by atoms with E-state index in [-0.39, 0.29) is 0 Å². The zero-order valence-electron chi connectivity index (χ0n) is 9.45. The third-order valence-electron chi connectivity index (χ3n) is 3.03. The lowest BCUT2D eigenvalue weighted by molar-refractivity contribution is 0.335. The highest BCUT2D eigenvalue weighted by Gasteiger charge is 2.09. The molecule has 0 amide bonds. The Morgan fingerprint density at radius 2 is 2.20 bits per heavy atom. The van der Waals surface area contributed by atoms with Crippen molar-refractivity contribution in [3.05, 3.63) is 18.0 Å². The van der Waals surface area contributed by atoms with E-state index >= 15 is 0 Å². The van der Waals surface area contributed by atoms with Crippen LogP contribution in [0.4, 0.5) is 0 Å². The van der Waals surface area contributed by atoms with E-state index in [1.54, 1.807) is 0 Å². The van der Waals surface area contributed by atoms with Gasteiger partial charge in [0, 0.05) is 32.9 Å². The van der Waals surface area contributed by atoms with Crippen LogP contribution in [0.1, 0.15) is 18.5 Å². The van der Waals surface area contributed by atoms with E-state index in [0.717, 1.165) is 13.1 Å². The van der Waals surface area contributed by atoms with Crippen LogP contribution in [0.3, 0.4) is 0 Å². The van der Waals surface area contributed by atoms with E-state index in [4.69, 9.17) is 0 Å². The molecule has 1 fully saturated rings. The summed E-state index contributed by atoms with van der Waals surface area (Å²) in [7, 11) is 1.98. The third kappa shape index (κ3) is 3.04. The van der Waals surface area contributed by atoms with Crippen LogP contribution in [-0.4, -0.2) is 40.9 Å². The molecule has 1 N–H and O–H groups in total. The van der Waals surface area contributed by atoms with Crippen molar-refractivity contribution in [3.63, 3.8) is 0 Å². The zero-order chi connectivity index (χ0) is 10.5. The fourth-order valence-corrected chi connectivity index (χ4v) is 2.03. The molecule has 4 heteroatoms. The summed E-state index contributed by atoms with van der Waals surface area (Å²) < 4.78 is 1.92. The molecule has 0 saturated carbocycles. The Morgan fingerprint density at radius 1 is 1.40 bits per heavy atom. The van der Waals surface area contributed by atoms with Crippen LogP contribution >= 0.6 is 0 Å². The van der Waals surface area contributed by atoms with Crippen molar-refractivity contribution in [2.24, 2.45) is 7.05 Å². The smallest absolute Gasteiger partial charge is 0.0518 e. The maximum atomic E-state index is 4.14. The molecule has 15 heavy (non-hydrogen) atoms. The predicted molar refractivity (Wildman–Crippen MR) is 60.6 cm³/mol. The Labute approximate surface area is 91.3 Å². The zero-order valence-corrected chi connectivity index (χ0v) is 9.45. The van der Waals surface area contributed by atoms with Crippen LogP contribution in [0.5, 0.6) is 0 Å². The van der Waals surface area contributed by atoms with Gasteiger partial charge in [-0.15, -0.1) is 0 Å². The Kier molecular flexibility index (Phi) is 3.75. The second kappa shape index (κ2) is 5.28. The van der Waals surface area contributed by atoms with Gasteiger partial charge in [0.2, 0.25) is 0 Å². The summed E-state index contributed by atoms with van der Waals surface area (Å²) in [5.74, 6) is 0. The molecule has 1 saturated heterocycles. The molecule has 2 heterocycles. The number of nitrogens with one attached hydrogen (secondary N) is 1. The second-order valence-corrected chi connectivity index (χ2v) is 4.17. The summed E-state index contributed by atoms with van der Waals surface area (Å²) in [6, 6.07) is 2.06. The van der Waals surface area contributed by atoms with E-state index in [1.165, 1.54) is 38.2 Å². The van der Waals surface area contributed by atoms with Crippen molar-refractivity contribution in [1.82, 2.24) is 20.0 Å². The third-order valence-corrected chi connectivity index (χ3v) is 3.03. The molecule has 0 spiro atoms. The lowest BCUT2D eigenvalue weighted by Crippen LogP contribution is -2.30. The van der Waals surface area contributed by atoms with E-state index in [2.05, 4.69) is 21.4 Å². The minimum atomic E-state index is 0.921. The molecule has 0 aliphatic carbocycles. The van der Waals surface area contributed by atoms with Gasteiger partial charge in [-0.3, -0.25) is 4.68 Å². The predicted octanol–water partition coefficient (Wildman–Crippen LogP) is 0.605. The SMILES string of the molecule is Cn1nccc1CNCCN1CCCC1. The molecule has 0 atom stereocenters. The van der Waals surface area contributed by atoms with Gasteiger partial charge in [0.15, 0.2) is 0 Å². The number of hydrogen-bond donors (Lipinski definition) is 1. The van der Waals surface area contributed by atoms with Crippen LogP contribution in [0, 0.1) is 0 Å². The van der Waals surface area contributed by atoms with Crippen molar-refractivity contribution < 1.29 is 0 Å². The summed E-state index contributed by atoms with van der Waals surface area (Å²) in [6.07, 6.45) is 4.60. The molecule has 1 aromatic rings. The molecule has 1 aliphatic heterocycles. The monoisotopic (exact) mass is 208 g/mol. The first kappa shape index (κ1) is 10.6. The van der Waals surface area contributed by atoms with Crippen molar-refractivity contribution in [2.45, 2.75) is 19.4 Å². The quantitative estimate of drug-likeness (QED) is 0.720.